The first-order chi connectivity index (χ1) is 11.4. The molecule has 2 aliphatic rings. The van der Waals surface area contributed by atoms with E-state index in [1.165, 1.54) is 0 Å². The summed E-state index contributed by atoms with van der Waals surface area (Å²) in [4.78, 5) is 38.1. The van der Waals surface area contributed by atoms with Crippen molar-refractivity contribution in [1.82, 2.24) is 10.2 Å². The molecule has 128 valence electrons. The zero-order chi connectivity index (χ0) is 17.3. The van der Waals surface area contributed by atoms with Crippen molar-refractivity contribution >= 4 is 23.5 Å². The summed E-state index contributed by atoms with van der Waals surface area (Å²) in [5, 5.41) is 5.57. The number of rotatable bonds is 3. The second kappa shape index (κ2) is 6.26. The molecule has 0 atom stereocenters. The number of urea groups is 1. The fraction of sp³-hybridized carbons (Fsp3) is 0.500. The fourth-order valence-corrected chi connectivity index (χ4v) is 3.48. The molecule has 4 amide bonds. The highest BCUT2D eigenvalue weighted by Crippen LogP contribution is 2.33. The van der Waals surface area contributed by atoms with Crippen LogP contribution in [0.2, 0.25) is 0 Å². The predicted molar refractivity (Wildman–Crippen MR) is 90.6 cm³/mol. The number of nitrogens with zero attached hydrogens (tertiary/aromatic N) is 1. The van der Waals surface area contributed by atoms with Crippen LogP contribution in [0.1, 0.15) is 43.2 Å². The lowest BCUT2D eigenvalue weighted by Crippen LogP contribution is -2.48. The Morgan fingerprint density at radius 1 is 1.17 bits per heavy atom. The maximum Gasteiger partial charge on any atom is 0.325 e. The number of imide groups is 1. The third kappa shape index (κ3) is 3.00. The Morgan fingerprint density at radius 2 is 1.88 bits per heavy atom. The van der Waals surface area contributed by atoms with Crippen molar-refractivity contribution in [3.05, 3.63) is 29.3 Å². The third-order valence-corrected chi connectivity index (χ3v) is 5.05. The van der Waals surface area contributed by atoms with Gasteiger partial charge in [0.25, 0.3) is 5.91 Å². The molecule has 1 saturated carbocycles. The van der Waals surface area contributed by atoms with Gasteiger partial charge in [-0.05, 0) is 49.9 Å². The fourth-order valence-electron chi connectivity index (χ4n) is 3.48. The molecule has 1 saturated heterocycles. The molecule has 24 heavy (non-hydrogen) atoms. The van der Waals surface area contributed by atoms with Gasteiger partial charge in [0.1, 0.15) is 12.1 Å². The Hall–Kier alpha value is -2.37. The van der Waals surface area contributed by atoms with E-state index in [9.17, 15) is 14.4 Å². The van der Waals surface area contributed by atoms with Gasteiger partial charge in [-0.3, -0.25) is 14.5 Å². The van der Waals surface area contributed by atoms with E-state index >= 15 is 0 Å². The summed E-state index contributed by atoms with van der Waals surface area (Å²) in [6, 6.07) is 5.16. The molecule has 0 bridgehead atoms. The summed E-state index contributed by atoms with van der Waals surface area (Å²) < 4.78 is 0. The zero-order valence-corrected chi connectivity index (χ0v) is 14.1. The average Bonchev–Trinajstić information content (AvgIpc) is 2.76. The lowest BCUT2D eigenvalue weighted by Gasteiger charge is -2.30. The number of anilines is 1. The van der Waals surface area contributed by atoms with Crippen LogP contribution in [0, 0.1) is 13.8 Å². The maximum atomic E-state index is 12.6. The van der Waals surface area contributed by atoms with Crippen molar-refractivity contribution in [3.63, 3.8) is 0 Å². The second-order valence-corrected chi connectivity index (χ2v) is 6.81. The molecule has 1 aromatic rings. The van der Waals surface area contributed by atoms with E-state index in [-0.39, 0.29) is 18.4 Å². The first-order valence-electron chi connectivity index (χ1n) is 8.42. The number of hydrogen-bond donors (Lipinski definition) is 2. The van der Waals surface area contributed by atoms with Gasteiger partial charge in [-0.25, -0.2) is 4.79 Å². The van der Waals surface area contributed by atoms with Gasteiger partial charge in [0, 0.05) is 5.69 Å². The molecule has 1 aliphatic heterocycles. The van der Waals surface area contributed by atoms with E-state index in [4.69, 9.17) is 0 Å². The number of amides is 4. The normalized spacial score (nSPS) is 19.5. The smallest absolute Gasteiger partial charge is 0.325 e. The first-order valence-corrected chi connectivity index (χ1v) is 8.42. The number of hydrogen-bond acceptors (Lipinski definition) is 3. The van der Waals surface area contributed by atoms with Gasteiger partial charge < -0.3 is 10.6 Å². The standard InChI is InChI=1S/C18H23N3O3/c1-12-6-7-14(10-13(12)2)19-15(22)11-21-16(23)18(20-17(21)24)8-4-3-5-9-18/h6-7,10H,3-5,8-9,11H2,1-2H3,(H,19,22)(H,20,24). The molecule has 0 radical (unpaired) electrons. The highest BCUT2D eigenvalue weighted by molar-refractivity contribution is 6.10. The molecule has 2 fully saturated rings. The van der Waals surface area contributed by atoms with Gasteiger partial charge in [-0.2, -0.15) is 0 Å². The minimum atomic E-state index is -0.782. The zero-order valence-electron chi connectivity index (χ0n) is 14.1. The van der Waals surface area contributed by atoms with E-state index in [1.807, 2.05) is 32.0 Å². The Balaban J connectivity index is 1.66. The predicted octanol–water partition coefficient (Wildman–Crippen LogP) is 2.50. The minimum Gasteiger partial charge on any atom is -0.325 e. The van der Waals surface area contributed by atoms with Crippen LogP contribution in [0.5, 0.6) is 0 Å². The van der Waals surface area contributed by atoms with Crippen LogP contribution in [0.25, 0.3) is 0 Å². The summed E-state index contributed by atoms with van der Waals surface area (Å²) in [5.74, 6) is -0.628. The van der Waals surface area contributed by atoms with Crippen LogP contribution in [0.3, 0.4) is 0 Å². The van der Waals surface area contributed by atoms with Gasteiger partial charge >= 0.3 is 6.03 Å². The lowest BCUT2D eigenvalue weighted by atomic mass is 9.82. The molecule has 0 unspecified atom stereocenters. The van der Waals surface area contributed by atoms with Gasteiger partial charge in [-0.15, -0.1) is 0 Å². The average molecular weight is 329 g/mol. The van der Waals surface area contributed by atoms with E-state index in [2.05, 4.69) is 10.6 Å². The quantitative estimate of drug-likeness (QED) is 0.836. The van der Waals surface area contributed by atoms with Crippen molar-refractivity contribution < 1.29 is 14.4 Å². The minimum absolute atomic E-state index is 0.251. The molecule has 6 heteroatoms. The highest BCUT2D eigenvalue weighted by atomic mass is 16.2. The van der Waals surface area contributed by atoms with Crippen molar-refractivity contribution in [2.45, 2.75) is 51.5 Å². The maximum absolute atomic E-state index is 12.6. The van der Waals surface area contributed by atoms with Crippen molar-refractivity contribution in [1.29, 1.82) is 0 Å². The van der Waals surface area contributed by atoms with Gasteiger partial charge in [0.2, 0.25) is 5.91 Å². The molecular weight excluding hydrogens is 306 g/mol. The van der Waals surface area contributed by atoms with Crippen LogP contribution in [-0.2, 0) is 9.59 Å². The van der Waals surface area contributed by atoms with Gasteiger partial charge in [0.15, 0.2) is 0 Å². The summed E-state index contributed by atoms with van der Waals surface area (Å²) in [6.45, 7) is 3.71. The Morgan fingerprint density at radius 3 is 2.54 bits per heavy atom. The topological polar surface area (TPSA) is 78.5 Å². The summed E-state index contributed by atoms with van der Waals surface area (Å²) in [7, 11) is 0. The molecule has 0 aromatic heterocycles. The Kier molecular flexibility index (Phi) is 4.30. The monoisotopic (exact) mass is 329 g/mol. The molecule has 1 heterocycles. The van der Waals surface area contributed by atoms with Gasteiger partial charge in [-0.1, -0.05) is 25.3 Å². The second-order valence-electron chi connectivity index (χ2n) is 6.81. The summed E-state index contributed by atoms with van der Waals surface area (Å²) in [6.07, 6.45) is 4.25. The van der Waals surface area contributed by atoms with Crippen LogP contribution >= 0.6 is 0 Å². The van der Waals surface area contributed by atoms with Gasteiger partial charge in [0.05, 0.1) is 0 Å². The van der Waals surface area contributed by atoms with E-state index in [0.29, 0.717) is 18.5 Å². The first kappa shape index (κ1) is 16.5. The highest BCUT2D eigenvalue weighted by Gasteiger charge is 2.51. The summed E-state index contributed by atoms with van der Waals surface area (Å²) >= 11 is 0. The van der Waals surface area contributed by atoms with Crippen LogP contribution < -0.4 is 10.6 Å². The van der Waals surface area contributed by atoms with Crippen molar-refractivity contribution in [3.8, 4) is 0 Å². The molecule has 3 rings (SSSR count). The number of carbonyl (C=O) groups is 3. The Labute approximate surface area is 141 Å². The van der Waals surface area contributed by atoms with Crippen LogP contribution in [-0.4, -0.2) is 34.8 Å². The molecule has 1 spiro atoms. The number of nitrogens with one attached hydrogen (secondary N) is 2. The number of carbonyl (C=O) groups excluding carboxylic acids is 3. The van der Waals surface area contributed by atoms with Crippen LogP contribution in [0.15, 0.2) is 18.2 Å². The van der Waals surface area contributed by atoms with Crippen molar-refractivity contribution in [2.24, 2.45) is 0 Å². The third-order valence-electron chi connectivity index (χ3n) is 5.05. The largest absolute Gasteiger partial charge is 0.325 e. The molecule has 1 aromatic carbocycles. The SMILES string of the molecule is Cc1ccc(NC(=O)CN2C(=O)NC3(CCCCC3)C2=O)cc1C. The number of benzene rings is 1. The molecule has 1 aliphatic carbocycles. The number of aryl methyl sites for hydroxylation is 2. The lowest BCUT2D eigenvalue weighted by molar-refractivity contribution is -0.134. The van der Waals surface area contributed by atoms with Crippen molar-refractivity contribution in [2.75, 3.05) is 11.9 Å². The molecule has 2 N–H and O–H groups in total. The molecule has 6 nitrogen and oxygen atoms in total. The van der Waals surface area contributed by atoms with E-state index < -0.39 is 11.6 Å². The summed E-state index contributed by atoms with van der Waals surface area (Å²) in [5.41, 5.74) is 2.10. The Bertz CT molecular complexity index is 693. The molecular formula is C18H23N3O3. The van der Waals surface area contributed by atoms with E-state index in [1.54, 1.807) is 0 Å². The van der Waals surface area contributed by atoms with Crippen LogP contribution in [0.4, 0.5) is 10.5 Å². The van der Waals surface area contributed by atoms with E-state index in [0.717, 1.165) is 35.3 Å².